The van der Waals surface area contributed by atoms with Gasteiger partial charge in [-0.25, -0.2) is 0 Å². The molecular weight excluding hydrogens is 438 g/mol. The van der Waals surface area contributed by atoms with E-state index >= 15 is 0 Å². The first-order chi connectivity index (χ1) is 14.2. The summed E-state index contributed by atoms with van der Waals surface area (Å²) in [5.41, 5.74) is 3.90. The second-order valence-electron chi connectivity index (χ2n) is 8.71. The van der Waals surface area contributed by atoms with Gasteiger partial charge in [0.2, 0.25) is 5.91 Å². The van der Waals surface area contributed by atoms with Crippen LogP contribution in [0.1, 0.15) is 31.4 Å². The van der Waals surface area contributed by atoms with Crippen LogP contribution in [-0.2, 0) is 10.2 Å². The molecule has 30 heavy (non-hydrogen) atoms. The summed E-state index contributed by atoms with van der Waals surface area (Å²) in [6, 6.07) is 14.8. The standard InChI is InChI=1S/C25H28BrN3O/c1-24(2)21-17-19(26)10-13-22(21)29-16-14-23(30)27-25(24,29)15-6-5-7-18-8-11-20(12-9-18)28(3)4/h5-13,15,17H,14,16H2,1-4H3,(H,27,30). The van der Waals surface area contributed by atoms with Crippen molar-refractivity contribution in [2.24, 2.45) is 0 Å². The maximum atomic E-state index is 12.5. The van der Waals surface area contributed by atoms with Gasteiger partial charge in [0.1, 0.15) is 5.66 Å². The van der Waals surface area contributed by atoms with E-state index in [4.69, 9.17) is 0 Å². The Balaban J connectivity index is 1.65. The lowest BCUT2D eigenvalue weighted by Gasteiger charge is -2.49. The molecule has 2 aliphatic rings. The Hall–Kier alpha value is -2.53. The number of rotatable bonds is 4. The smallest absolute Gasteiger partial charge is 0.223 e. The molecule has 0 aromatic heterocycles. The molecule has 5 heteroatoms. The molecule has 1 amide bonds. The van der Waals surface area contributed by atoms with E-state index in [1.807, 2.05) is 20.2 Å². The highest BCUT2D eigenvalue weighted by Gasteiger charge is 2.57. The predicted molar refractivity (Wildman–Crippen MR) is 129 cm³/mol. The van der Waals surface area contributed by atoms with Gasteiger partial charge >= 0.3 is 0 Å². The Morgan fingerprint density at radius 3 is 2.53 bits per heavy atom. The molecule has 2 heterocycles. The van der Waals surface area contributed by atoms with Gasteiger partial charge in [0.25, 0.3) is 0 Å². The summed E-state index contributed by atoms with van der Waals surface area (Å²) in [4.78, 5) is 16.9. The first kappa shape index (κ1) is 20.7. The van der Waals surface area contributed by atoms with E-state index in [9.17, 15) is 4.79 Å². The number of allylic oxidation sites excluding steroid dienone is 2. The summed E-state index contributed by atoms with van der Waals surface area (Å²) in [7, 11) is 4.08. The zero-order chi connectivity index (χ0) is 21.5. The first-order valence-corrected chi connectivity index (χ1v) is 11.1. The molecule has 1 N–H and O–H groups in total. The second-order valence-corrected chi connectivity index (χ2v) is 9.62. The highest BCUT2D eigenvalue weighted by Crippen LogP contribution is 2.52. The van der Waals surface area contributed by atoms with Crippen LogP contribution in [0.4, 0.5) is 11.4 Å². The molecule has 1 unspecified atom stereocenters. The van der Waals surface area contributed by atoms with Crippen LogP contribution >= 0.6 is 15.9 Å². The normalized spacial score (nSPS) is 22.3. The third-order valence-corrected chi connectivity index (χ3v) is 6.83. The lowest BCUT2D eigenvalue weighted by Crippen LogP contribution is -2.68. The fraction of sp³-hybridized carbons (Fsp3) is 0.320. The van der Waals surface area contributed by atoms with Gasteiger partial charge in [-0.05, 0) is 47.5 Å². The van der Waals surface area contributed by atoms with Gasteiger partial charge in [-0.2, -0.15) is 0 Å². The van der Waals surface area contributed by atoms with E-state index in [2.05, 4.69) is 106 Å². The minimum atomic E-state index is -0.579. The van der Waals surface area contributed by atoms with Crippen LogP contribution in [0.2, 0.25) is 0 Å². The number of anilines is 2. The van der Waals surface area contributed by atoms with Crippen molar-refractivity contribution in [2.75, 3.05) is 30.4 Å². The van der Waals surface area contributed by atoms with Crippen molar-refractivity contribution in [1.29, 1.82) is 0 Å². The second kappa shape index (κ2) is 7.62. The zero-order valence-corrected chi connectivity index (χ0v) is 19.5. The molecule has 2 aliphatic heterocycles. The summed E-state index contributed by atoms with van der Waals surface area (Å²) < 4.78 is 1.06. The fourth-order valence-corrected chi connectivity index (χ4v) is 4.93. The Bertz CT molecular complexity index is 1020. The van der Waals surface area contributed by atoms with E-state index in [1.165, 1.54) is 16.9 Å². The van der Waals surface area contributed by atoms with Crippen molar-refractivity contribution in [3.63, 3.8) is 0 Å². The molecule has 4 nitrogen and oxygen atoms in total. The zero-order valence-electron chi connectivity index (χ0n) is 17.9. The van der Waals surface area contributed by atoms with Crippen LogP contribution in [-0.4, -0.2) is 32.2 Å². The molecule has 0 radical (unpaired) electrons. The van der Waals surface area contributed by atoms with Crippen molar-refractivity contribution >= 4 is 39.3 Å². The van der Waals surface area contributed by atoms with Gasteiger partial charge in [0.15, 0.2) is 0 Å². The molecule has 1 atom stereocenters. The molecular formula is C25H28BrN3O. The van der Waals surface area contributed by atoms with Crippen LogP contribution in [0.25, 0.3) is 6.08 Å². The van der Waals surface area contributed by atoms with E-state index < -0.39 is 5.66 Å². The Kier molecular flexibility index (Phi) is 5.27. The average Bonchev–Trinajstić information content (AvgIpc) is 2.89. The molecule has 2 aromatic carbocycles. The van der Waals surface area contributed by atoms with E-state index in [1.54, 1.807) is 0 Å². The van der Waals surface area contributed by atoms with Gasteiger partial charge in [-0.15, -0.1) is 0 Å². The largest absolute Gasteiger partial charge is 0.378 e. The van der Waals surface area contributed by atoms with E-state index in [0.29, 0.717) is 13.0 Å². The van der Waals surface area contributed by atoms with E-state index in [0.717, 1.165) is 10.0 Å². The van der Waals surface area contributed by atoms with Crippen LogP contribution in [0, 0.1) is 0 Å². The van der Waals surface area contributed by atoms with Crippen LogP contribution in [0.15, 0.2) is 65.2 Å². The predicted octanol–water partition coefficient (Wildman–Crippen LogP) is 5.10. The molecule has 0 bridgehead atoms. The number of carbonyl (C=O) groups excluding carboxylic acids is 1. The van der Waals surface area contributed by atoms with Crippen molar-refractivity contribution < 1.29 is 4.79 Å². The summed E-state index contributed by atoms with van der Waals surface area (Å²) in [5.74, 6) is 0.0964. The number of hydrogen-bond acceptors (Lipinski definition) is 3. The Morgan fingerprint density at radius 2 is 1.83 bits per heavy atom. The quantitative estimate of drug-likeness (QED) is 0.637. The molecule has 156 valence electrons. The van der Waals surface area contributed by atoms with Gasteiger partial charge in [-0.3, -0.25) is 4.79 Å². The maximum absolute atomic E-state index is 12.5. The highest BCUT2D eigenvalue weighted by atomic mass is 79.9. The third-order valence-electron chi connectivity index (χ3n) is 6.34. The summed E-state index contributed by atoms with van der Waals surface area (Å²) in [6.45, 7) is 5.12. The van der Waals surface area contributed by atoms with Crippen molar-refractivity contribution in [2.45, 2.75) is 31.3 Å². The van der Waals surface area contributed by atoms with Gasteiger partial charge in [-0.1, -0.05) is 60.1 Å². The van der Waals surface area contributed by atoms with Crippen LogP contribution in [0.3, 0.4) is 0 Å². The number of nitrogens with zero attached hydrogens (tertiary/aromatic N) is 2. The lowest BCUT2D eigenvalue weighted by molar-refractivity contribution is -0.124. The number of fused-ring (bicyclic) bond motifs is 3. The monoisotopic (exact) mass is 465 g/mol. The Labute approximate surface area is 187 Å². The molecule has 2 aromatic rings. The average molecular weight is 466 g/mol. The molecule has 1 saturated heterocycles. The van der Waals surface area contributed by atoms with Crippen molar-refractivity contribution in [1.82, 2.24) is 5.32 Å². The van der Waals surface area contributed by atoms with Crippen LogP contribution in [0.5, 0.6) is 0 Å². The maximum Gasteiger partial charge on any atom is 0.223 e. The van der Waals surface area contributed by atoms with Gasteiger partial charge in [0, 0.05) is 48.3 Å². The minimum absolute atomic E-state index is 0.0964. The van der Waals surface area contributed by atoms with E-state index in [-0.39, 0.29) is 11.3 Å². The highest BCUT2D eigenvalue weighted by molar-refractivity contribution is 9.10. The van der Waals surface area contributed by atoms with Gasteiger partial charge < -0.3 is 15.1 Å². The minimum Gasteiger partial charge on any atom is -0.378 e. The van der Waals surface area contributed by atoms with Crippen molar-refractivity contribution in [3.8, 4) is 0 Å². The van der Waals surface area contributed by atoms with Gasteiger partial charge in [0.05, 0.1) is 0 Å². The SMILES string of the molecule is CN(C)c1ccc(C=CC=CC23NC(=O)CCN2c2ccc(Br)cc2C3(C)C)cc1. The number of nitrogens with one attached hydrogen (secondary N) is 1. The number of halogens is 1. The Morgan fingerprint density at radius 1 is 1.10 bits per heavy atom. The third kappa shape index (κ3) is 3.35. The number of carbonyl (C=O) groups is 1. The summed E-state index contributed by atoms with van der Waals surface area (Å²) >= 11 is 3.61. The molecule has 1 fully saturated rings. The molecule has 4 rings (SSSR count). The number of hydrogen-bond donors (Lipinski definition) is 1. The lowest BCUT2D eigenvalue weighted by atomic mass is 9.74. The summed E-state index contributed by atoms with van der Waals surface area (Å²) in [6.07, 6.45) is 8.85. The molecule has 0 saturated carbocycles. The first-order valence-electron chi connectivity index (χ1n) is 10.3. The van der Waals surface area contributed by atoms with Crippen LogP contribution < -0.4 is 15.1 Å². The van der Waals surface area contributed by atoms with Crippen molar-refractivity contribution in [3.05, 3.63) is 76.3 Å². The number of amides is 1. The molecule has 0 aliphatic carbocycles. The fourth-order valence-electron chi connectivity index (χ4n) is 4.57. The summed E-state index contributed by atoms with van der Waals surface area (Å²) in [5, 5.41) is 3.31. The topological polar surface area (TPSA) is 35.6 Å². The molecule has 0 spiro atoms. The number of benzene rings is 2.